The Labute approximate surface area is 248 Å². The van der Waals surface area contributed by atoms with Crippen molar-refractivity contribution in [3.8, 4) is 11.4 Å². The van der Waals surface area contributed by atoms with Gasteiger partial charge >= 0.3 is 5.69 Å². The van der Waals surface area contributed by atoms with E-state index in [9.17, 15) is 14.4 Å². The van der Waals surface area contributed by atoms with Crippen molar-refractivity contribution < 1.29 is 9.59 Å². The monoisotopic (exact) mass is 630 g/mol. The van der Waals surface area contributed by atoms with Gasteiger partial charge in [-0.3, -0.25) is 18.7 Å². The van der Waals surface area contributed by atoms with Crippen LogP contribution in [0.5, 0.6) is 0 Å². The van der Waals surface area contributed by atoms with Crippen molar-refractivity contribution >= 4 is 39.3 Å². The predicted octanol–water partition coefficient (Wildman–Crippen LogP) is 4.83. The molecule has 1 N–H and O–H groups in total. The van der Waals surface area contributed by atoms with Gasteiger partial charge in [-0.05, 0) is 70.0 Å². The summed E-state index contributed by atoms with van der Waals surface area (Å²) >= 11 is 9.60. The summed E-state index contributed by atoms with van der Waals surface area (Å²) in [7, 11) is 0. The summed E-state index contributed by atoms with van der Waals surface area (Å²) in [5.74, 6) is -0.637. The van der Waals surface area contributed by atoms with Gasteiger partial charge in [-0.1, -0.05) is 41.9 Å². The first-order valence-electron chi connectivity index (χ1n) is 12.9. The lowest BCUT2D eigenvalue weighted by Crippen LogP contribution is -2.41. The molecule has 11 heteroatoms. The van der Waals surface area contributed by atoms with Crippen LogP contribution >= 0.6 is 27.5 Å². The second kappa shape index (κ2) is 11.2. The van der Waals surface area contributed by atoms with Gasteiger partial charge in [0.25, 0.3) is 11.8 Å². The van der Waals surface area contributed by atoms with E-state index in [1.807, 2.05) is 54.7 Å². The van der Waals surface area contributed by atoms with Crippen molar-refractivity contribution in [3.05, 3.63) is 134 Å². The van der Waals surface area contributed by atoms with Gasteiger partial charge in [0.2, 0.25) is 0 Å². The second-order valence-corrected chi connectivity index (χ2v) is 10.8. The Kier molecular flexibility index (Phi) is 7.34. The molecule has 0 atom stereocenters. The third-order valence-electron chi connectivity index (χ3n) is 7.02. The Bertz CT molecular complexity index is 1800. The molecule has 3 heterocycles. The van der Waals surface area contributed by atoms with Crippen LogP contribution in [0.1, 0.15) is 32.1 Å². The van der Waals surface area contributed by atoms with Gasteiger partial charge in [0, 0.05) is 42.1 Å². The number of benzene rings is 3. The minimum atomic E-state index is -0.406. The van der Waals surface area contributed by atoms with E-state index in [4.69, 9.17) is 11.6 Å². The van der Waals surface area contributed by atoms with Gasteiger partial charge in [0.05, 0.1) is 28.6 Å². The summed E-state index contributed by atoms with van der Waals surface area (Å²) in [6, 6.07) is 23.6. The number of fused-ring (bicyclic) bond motifs is 1. The molecule has 2 amide bonds. The zero-order valence-electron chi connectivity index (χ0n) is 21.7. The Morgan fingerprint density at radius 3 is 2.41 bits per heavy atom. The van der Waals surface area contributed by atoms with Crippen LogP contribution in [0, 0.1) is 0 Å². The van der Waals surface area contributed by atoms with Crippen LogP contribution in [0.15, 0.2) is 101 Å². The molecule has 206 valence electrons. The average Bonchev–Trinajstić information content (AvgIpc) is 3.64. The second-order valence-electron chi connectivity index (χ2n) is 9.56. The van der Waals surface area contributed by atoms with E-state index in [0.717, 1.165) is 11.3 Å². The normalized spacial score (nSPS) is 12.7. The van der Waals surface area contributed by atoms with Gasteiger partial charge in [-0.2, -0.15) is 5.10 Å². The van der Waals surface area contributed by atoms with Crippen molar-refractivity contribution in [1.29, 1.82) is 0 Å². The quantitative estimate of drug-likeness (QED) is 0.291. The summed E-state index contributed by atoms with van der Waals surface area (Å²) in [5, 5.41) is 7.64. The van der Waals surface area contributed by atoms with E-state index in [1.54, 1.807) is 50.7 Å². The number of aromatic nitrogens is 4. The minimum absolute atomic E-state index is 0.0915. The molecule has 0 fully saturated rings. The number of hydrogen-bond acceptors (Lipinski definition) is 4. The molecule has 0 radical (unpaired) electrons. The fourth-order valence-electron chi connectivity index (χ4n) is 4.96. The number of carbonyl (C=O) groups excluding carboxylic acids is 2. The Hall–Kier alpha value is -4.41. The topological polar surface area (TPSA) is 94.2 Å². The average molecular weight is 632 g/mol. The van der Waals surface area contributed by atoms with Crippen molar-refractivity contribution in [2.24, 2.45) is 0 Å². The summed E-state index contributed by atoms with van der Waals surface area (Å²) in [6.45, 7) is 0.944. The third kappa shape index (κ3) is 5.23. The summed E-state index contributed by atoms with van der Waals surface area (Å²) in [4.78, 5) is 42.6. The highest BCUT2D eigenvalue weighted by Crippen LogP contribution is 2.26. The lowest BCUT2D eigenvalue weighted by atomic mass is 10.1. The molecule has 41 heavy (non-hydrogen) atoms. The molecule has 6 rings (SSSR count). The fraction of sp³-hybridized carbons (Fsp3) is 0.133. The lowest BCUT2D eigenvalue weighted by molar-refractivity contribution is 0.0706. The molecule has 1 aliphatic rings. The number of imidazole rings is 1. The number of halogens is 2. The van der Waals surface area contributed by atoms with E-state index >= 15 is 0 Å². The third-order valence-corrected chi connectivity index (χ3v) is 8.25. The van der Waals surface area contributed by atoms with Crippen LogP contribution in [-0.2, 0) is 19.6 Å². The molecule has 2 aromatic heterocycles. The van der Waals surface area contributed by atoms with Crippen LogP contribution in [0.4, 0.5) is 0 Å². The van der Waals surface area contributed by atoms with Crippen LogP contribution in [0.3, 0.4) is 0 Å². The first-order chi connectivity index (χ1) is 19.9. The van der Waals surface area contributed by atoms with Gasteiger partial charge in [-0.25, -0.2) is 9.48 Å². The molecule has 9 nitrogen and oxygen atoms in total. The minimum Gasteiger partial charge on any atom is -0.347 e. The molecule has 1 aliphatic heterocycles. The maximum Gasteiger partial charge on any atom is 0.333 e. The molecule has 0 unspecified atom stereocenters. The van der Waals surface area contributed by atoms with Crippen molar-refractivity contribution in [1.82, 2.24) is 29.1 Å². The van der Waals surface area contributed by atoms with Crippen LogP contribution < -0.4 is 11.0 Å². The zero-order chi connectivity index (χ0) is 28.5. The van der Waals surface area contributed by atoms with E-state index in [-0.39, 0.29) is 36.9 Å². The van der Waals surface area contributed by atoms with Crippen LogP contribution in [0.25, 0.3) is 11.4 Å². The van der Waals surface area contributed by atoms with Crippen molar-refractivity contribution in [3.63, 3.8) is 0 Å². The van der Waals surface area contributed by atoms with E-state index in [1.165, 1.54) is 4.57 Å². The van der Waals surface area contributed by atoms with Crippen LogP contribution in [-0.4, -0.2) is 42.2 Å². The molecule has 0 aliphatic carbocycles. The van der Waals surface area contributed by atoms with Crippen molar-refractivity contribution in [2.45, 2.75) is 19.6 Å². The Balaban J connectivity index is 1.38. The van der Waals surface area contributed by atoms with E-state index in [0.29, 0.717) is 33.0 Å². The first kappa shape index (κ1) is 26.8. The van der Waals surface area contributed by atoms with Crippen LogP contribution in [0.2, 0.25) is 5.02 Å². The molecule has 0 saturated heterocycles. The maximum atomic E-state index is 13.8. The molecular weight excluding hydrogens is 608 g/mol. The largest absolute Gasteiger partial charge is 0.347 e. The van der Waals surface area contributed by atoms with Gasteiger partial charge in [-0.15, -0.1) is 0 Å². The highest BCUT2D eigenvalue weighted by Gasteiger charge is 2.32. The number of amides is 2. The number of rotatable bonds is 6. The van der Waals surface area contributed by atoms with Gasteiger partial charge in [0.1, 0.15) is 5.69 Å². The summed E-state index contributed by atoms with van der Waals surface area (Å²) in [5.41, 5.74) is 3.04. The SMILES string of the molecule is O=C(NCc1ccccc1)c1c2n(c(=O)n1-c1ccc(-n3cccn3)cc1)CCN(C(=O)c1ccc(Br)c(Cl)c1)C2. The highest BCUT2D eigenvalue weighted by molar-refractivity contribution is 9.10. The molecule has 0 spiro atoms. The van der Waals surface area contributed by atoms with E-state index in [2.05, 4.69) is 26.3 Å². The number of carbonyl (C=O) groups is 2. The maximum absolute atomic E-state index is 13.8. The lowest BCUT2D eigenvalue weighted by Gasteiger charge is -2.28. The molecule has 3 aromatic carbocycles. The molecule has 0 saturated carbocycles. The highest BCUT2D eigenvalue weighted by atomic mass is 79.9. The van der Waals surface area contributed by atoms with Gasteiger partial charge in [0.15, 0.2) is 0 Å². The summed E-state index contributed by atoms with van der Waals surface area (Å²) in [6.07, 6.45) is 3.51. The predicted molar refractivity (Wildman–Crippen MR) is 159 cm³/mol. The first-order valence-corrected chi connectivity index (χ1v) is 14.1. The molecule has 0 bridgehead atoms. The fourth-order valence-corrected chi connectivity index (χ4v) is 5.38. The number of nitrogens with one attached hydrogen (secondary N) is 1. The van der Waals surface area contributed by atoms with Crippen molar-refractivity contribution in [2.75, 3.05) is 6.54 Å². The Morgan fingerprint density at radius 1 is 0.951 bits per heavy atom. The molecule has 5 aromatic rings. The van der Waals surface area contributed by atoms with E-state index < -0.39 is 5.91 Å². The van der Waals surface area contributed by atoms with Gasteiger partial charge < -0.3 is 10.2 Å². The number of nitrogens with zero attached hydrogens (tertiary/aromatic N) is 5. The zero-order valence-corrected chi connectivity index (χ0v) is 24.0. The number of hydrogen-bond donors (Lipinski definition) is 1. The summed E-state index contributed by atoms with van der Waals surface area (Å²) < 4.78 is 5.41. The molecular formula is C30H24BrClN6O3. The standard InChI is InChI=1S/C30H24BrClN6O3/c31-24-12-7-21(17-25(24)32)29(40)35-15-16-36-26(19-35)27(28(39)33-18-20-5-2-1-3-6-20)38(30(36)41)23-10-8-22(9-11-23)37-14-4-13-34-37/h1-14,17H,15-16,18-19H2,(H,33,39). The smallest absolute Gasteiger partial charge is 0.333 e. The Morgan fingerprint density at radius 2 is 1.71 bits per heavy atom.